The Labute approximate surface area is 125 Å². The molecular weight excluding hydrogens is 262 g/mol. The van der Waals surface area contributed by atoms with Gasteiger partial charge in [-0.25, -0.2) is 0 Å². The number of anilines is 2. The second-order valence-corrected chi connectivity index (χ2v) is 5.88. The lowest BCUT2D eigenvalue weighted by Crippen LogP contribution is -2.52. The summed E-state index contributed by atoms with van der Waals surface area (Å²) in [5, 5.41) is 4.63. The molecule has 0 bridgehead atoms. The van der Waals surface area contributed by atoms with E-state index in [4.69, 9.17) is 5.73 Å². The van der Waals surface area contributed by atoms with E-state index in [9.17, 15) is 0 Å². The molecule has 0 spiro atoms. The zero-order chi connectivity index (χ0) is 14.8. The fourth-order valence-electron chi connectivity index (χ4n) is 2.90. The SMILES string of the molecule is CN1CCN(C)C(CNc2c(N)cnc3ccccc23)C1. The van der Waals surface area contributed by atoms with E-state index < -0.39 is 0 Å². The Kier molecular flexibility index (Phi) is 3.94. The van der Waals surface area contributed by atoms with Crippen LogP contribution in [0.3, 0.4) is 0 Å². The average molecular weight is 285 g/mol. The van der Waals surface area contributed by atoms with Gasteiger partial charge in [-0.05, 0) is 20.2 Å². The van der Waals surface area contributed by atoms with E-state index in [1.807, 2.05) is 18.2 Å². The number of likely N-dealkylation sites (N-methyl/N-ethyl adjacent to an activating group) is 2. The first kappa shape index (κ1) is 14.1. The Hall–Kier alpha value is -1.85. The maximum Gasteiger partial charge on any atom is 0.0743 e. The molecule has 5 nitrogen and oxygen atoms in total. The molecule has 1 aromatic heterocycles. The minimum absolute atomic E-state index is 0.495. The third-order valence-electron chi connectivity index (χ3n) is 4.30. The second kappa shape index (κ2) is 5.87. The highest BCUT2D eigenvalue weighted by molar-refractivity contribution is 5.96. The number of hydrogen-bond acceptors (Lipinski definition) is 5. The van der Waals surface area contributed by atoms with Crippen molar-refractivity contribution in [1.29, 1.82) is 0 Å². The number of piperazine rings is 1. The zero-order valence-electron chi connectivity index (χ0n) is 12.7. The third kappa shape index (κ3) is 2.94. The topological polar surface area (TPSA) is 57.4 Å². The summed E-state index contributed by atoms with van der Waals surface area (Å²) in [4.78, 5) is 9.16. The van der Waals surface area contributed by atoms with Crippen molar-refractivity contribution in [3.63, 3.8) is 0 Å². The number of fused-ring (bicyclic) bond motifs is 1. The normalized spacial score (nSPS) is 20.8. The van der Waals surface area contributed by atoms with Crippen molar-refractivity contribution >= 4 is 22.3 Å². The number of pyridine rings is 1. The first-order valence-electron chi connectivity index (χ1n) is 7.41. The van der Waals surface area contributed by atoms with Crippen LogP contribution in [0.1, 0.15) is 0 Å². The Morgan fingerprint density at radius 3 is 2.95 bits per heavy atom. The van der Waals surface area contributed by atoms with Crippen LogP contribution in [0.2, 0.25) is 0 Å². The van der Waals surface area contributed by atoms with E-state index in [0.29, 0.717) is 11.7 Å². The van der Waals surface area contributed by atoms with Crippen LogP contribution in [0.5, 0.6) is 0 Å². The minimum atomic E-state index is 0.495. The Morgan fingerprint density at radius 2 is 2.10 bits per heavy atom. The van der Waals surface area contributed by atoms with Gasteiger partial charge >= 0.3 is 0 Å². The third-order valence-corrected chi connectivity index (χ3v) is 4.30. The van der Waals surface area contributed by atoms with Crippen LogP contribution in [0.4, 0.5) is 11.4 Å². The standard InChI is InChI=1S/C16H23N5/c1-20-7-8-21(2)12(11-20)9-19-16-13-5-3-4-6-15(13)18-10-14(16)17/h3-6,10,12H,7-9,11,17H2,1-2H3,(H,18,19). The largest absolute Gasteiger partial charge is 0.396 e. The number of hydrogen-bond donors (Lipinski definition) is 2. The maximum absolute atomic E-state index is 6.12. The highest BCUT2D eigenvalue weighted by Crippen LogP contribution is 2.27. The molecule has 1 fully saturated rings. The van der Waals surface area contributed by atoms with Gasteiger partial charge in [0.05, 0.1) is 23.1 Å². The molecule has 0 amide bonds. The lowest BCUT2D eigenvalue weighted by molar-refractivity contribution is 0.122. The van der Waals surface area contributed by atoms with Crippen molar-refractivity contribution in [2.24, 2.45) is 0 Å². The van der Waals surface area contributed by atoms with Crippen LogP contribution in [0.25, 0.3) is 10.9 Å². The molecule has 1 aliphatic heterocycles. The molecule has 1 unspecified atom stereocenters. The predicted molar refractivity (Wildman–Crippen MR) is 88.6 cm³/mol. The summed E-state index contributed by atoms with van der Waals surface area (Å²) < 4.78 is 0. The molecule has 3 rings (SSSR count). The highest BCUT2D eigenvalue weighted by atomic mass is 15.3. The van der Waals surface area contributed by atoms with Gasteiger partial charge in [0.15, 0.2) is 0 Å². The zero-order valence-corrected chi connectivity index (χ0v) is 12.7. The smallest absolute Gasteiger partial charge is 0.0743 e. The van der Waals surface area contributed by atoms with Crippen molar-refractivity contribution in [3.8, 4) is 0 Å². The van der Waals surface area contributed by atoms with Crippen LogP contribution in [0.15, 0.2) is 30.5 Å². The van der Waals surface area contributed by atoms with E-state index >= 15 is 0 Å². The molecular formula is C16H23N5. The first-order valence-corrected chi connectivity index (χ1v) is 7.41. The van der Waals surface area contributed by atoms with E-state index in [2.05, 4.69) is 40.3 Å². The van der Waals surface area contributed by atoms with E-state index in [0.717, 1.165) is 42.8 Å². The quantitative estimate of drug-likeness (QED) is 0.894. The number of nitrogens with zero attached hydrogens (tertiary/aromatic N) is 3. The second-order valence-electron chi connectivity index (χ2n) is 5.88. The van der Waals surface area contributed by atoms with E-state index in [1.54, 1.807) is 6.20 Å². The Bertz CT molecular complexity index is 627. The molecule has 5 heteroatoms. The van der Waals surface area contributed by atoms with Gasteiger partial charge in [0.1, 0.15) is 0 Å². The van der Waals surface area contributed by atoms with Crippen molar-refractivity contribution in [2.75, 3.05) is 51.3 Å². The molecule has 2 heterocycles. The summed E-state index contributed by atoms with van der Waals surface area (Å²) >= 11 is 0. The number of para-hydroxylation sites is 1. The molecule has 1 saturated heterocycles. The molecule has 3 N–H and O–H groups in total. The molecule has 1 aromatic carbocycles. The minimum Gasteiger partial charge on any atom is -0.396 e. The number of aromatic nitrogens is 1. The fraction of sp³-hybridized carbons (Fsp3) is 0.438. The van der Waals surface area contributed by atoms with Gasteiger partial charge in [-0.3, -0.25) is 9.88 Å². The summed E-state index contributed by atoms with van der Waals surface area (Å²) in [6.45, 7) is 4.20. The average Bonchev–Trinajstić information content (AvgIpc) is 2.49. The molecule has 0 saturated carbocycles. The number of rotatable bonds is 3. The number of benzene rings is 1. The van der Waals surface area contributed by atoms with Crippen LogP contribution in [-0.4, -0.2) is 61.1 Å². The lowest BCUT2D eigenvalue weighted by Gasteiger charge is -2.38. The summed E-state index contributed by atoms with van der Waals surface area (Å²) in [5.41, 5.74) is 8.80. The molecule has 0 radical (unpaired) electrons. The molecule has 21 heavy (non-hydrogen) atoms. The van der Waals surface area contributed by atoms with Crippen LogP contribution < -0.4 is 11.1 Å². The van der Waals surface area contributed by atoms with Gasteiger partial charge in [-0.15, -0.1) is 0 Å². The van der Waals surface area contributed by atoms with Gasteiger partial charge < -0.3 is 16.0 Å². The van der Waals surface area contributed by atoms with Gasteiger partial charge in [-0.1, -0.05) is 18.2 Å². The molecule has 1 aliphatic rings. The van der Waals surface area contributed by atoms with Gasteiger partial charge in [0, 0.05) is 37.6 Å². The molecule has 2 aromatic rings. The highest BCUT2D eigenvalue weighted by Gasteiger charge is 2.22. The summed E-state index contributed by atoms with van der Waals surface area (Å²) in [6.07, 6.45) is 1.74. The monoisotopic (exact) mass is 285 g/mol. The maximum atomic E-state index is 6.12. The van der Waals surface area contributed by atoms with Crippen molar-refractivity contribution in [2.45, 2.75) is 6.04 Å². The fourth-order valence-corrected chi connectivity index (χ4v) is 2.90. The summed E-state index contributed by atoms with van der Waals surface area (Å²) in [5.74, 6) is 0. The number of nitrogens with two attached hydrogens (primary N) is 1. The predicted octanol–water partition coefficient (Wildman–Crippen LogP) is 1.47. The van der Waals surface area contributed by atoms with E-state index in [1.165, 1.54) is 0 Å². The van der Waals surface area contributed by atoms with Gasteiger partial charge in [0.25, 0.3) is 0 Å². The Morgan fingerprint density at radius 1 is 1.29 bits per heavy atom. The lowest BCUT2D eigenvalue weighted by atomic mass is 10.1. The summed E-state index contributed by atoms with van der Waals surface area (Å²) in [6, 6.07) is 8.60. The van der Waals surface area contributed by atoms with Crippen molar-refractivity contribution in [1.82, 2.24) is 14.8 Å². The van der Waals surface area contributed by atoms with Gasteiger partial charge in [-0.2, -0.15) is 0 Å². The Balaban J connectivity index is 1.80. The van der Waals surface area contributed by atoms with Crippen LogP contribution >= 0.6 is 0 Å². The first-order chi connectivity index (χ1) is 10.1. The van der Waals surface area contributed by atoms with Crippen LogP contribution in [0, 0.1) is 0 Å². The van der Waals surface area contributed by atoms with E-state index in [-0.39, 0.29) is 0 Å². The molecule has 1 atom stereocenters. The van der Waals surface area contributed by atoms with Gasteiger partial charge in [0.2, 0.25) is 0 Å². The van der Waals surface area contributed by atoms with Crippen molar-refractivity contribution in [3.05, 3.63) is 30.5 Å². The summed E-state index contributed by atoms with van der Waals surface area (Å²) in [7, 11) is 4.36. The molecule has 0 aliphatic carbocycles. The van der Waals surface area contributed by atoms with Crippen molar-refractivity contribution < 1.29 is 0 Å². The number of nitrogens with one attached hydrogen (secondary N) is 1. The molecule has 112 valence electrons. The number of nitrogen functional groups attached to an aromatic ring is 1. The van der Waals surface area contributed by atoms with Crippen LogP contribution in [-0.2, 0) is 0 Å².